The van der Waals surface area contributed by atoms with Gasteiger partial charge in [-0.1, -0.05) is 37.1 Å². The van der Waals surface area contributed by atoms with Gasteiger partial charge in [0, 0.05) is 61.8 Å². The molecule has 2 amide bonds. The van der Waals surface area contributed by atoms with Crippen LogP contribution in [0, 0.1) is 0 Å². The van der Waals surface area contributed by atoms with E-state index in [9.17, 15) is 26.4 Å². The Balaban J connectivity index is 0.000000172. The molecule has 2 aliphatic heterocycles. The van der Waals surface area contributed by atoms with Crippen LogP contribution in [0.25, 0.3) is 21.8 Å². The summed E-state index contributed by atoms with van der Waals surface area (Å²) in [6.45, 7) is 2.98. The van der Waals surface area contributed by atoms with E-state index in [0.29, 0.717) is 60.3 Å². The van der Waals surface area contributed by atoms with Gasteiger partial charge in [0.05, 0.1) is 33.2 Å². The number of nitrogens with one attached hydrogen (secondary N) is 4. The molecule has 16 heteroatoms. The fourth-order valence-corrected chi connectivity index (χ4v) is 9.84. The molecule has 0 saturated carbocycles. The van der Waals surface area contributed by atoms with Crippen molar-refractivity contribution in [1.82, 2.24) is 39.4 Å². The zero-order valence-electron chi connectivity index (χ0n) is 30.8. The normalized spacial score (nSPS) is 15.6. The van der Waals surface area contributed by atoms with Gasteiger partial charge >= 0.3 is 0 Å². The van der Waals surface area contributed by atoms with E-state index >= 15 is 0 Å². The number of nitrogens with zero attached hydrogens (tertiary/aromatic N) is 4. The molecule has 2 aliphatic rings. The number of aromatic amines is 2. The smallest absolute Gasteiger partial charge is 0.267 e. The van der Waals surface area contributed by atoms with Crippen LogP contribution in [0.4, 0.5) is 0 Å². The topological polar surface area (TPSA) is 190 Å². The summed E-state index contributed by atoms with van der Waals surface area (Å²) in [5.74, 6) is -0.408. The molecule has 0 bridgehead atoms. The predicted molar refractivity (Wildman–Crippen MR) is 213 cm³/mol. The summed E-state index contributed by atoms with van der Waals surface area (Å²) in [4.78, 5) is 32.4. The third-order valence-electron chi connectivity index (χ3n) is 10.0. The number of hydrogen-bond acceptors (Lipinski definition) is 8. The molecule has 14 nitrogen and oxygen atoms in total. The monoisotopic (exact) mass is 796 g/mol. The van der Waals surface area contributed by atoms with Gasteiger partial charge in [-0.2, -0.15) is 13.7 Å². The second-order valence-corrected chi connectivity index (χ2v) is 17.8. The van der Waals surface area contributed by atoms with Crippen LogP contribution in [-0.2, 0) is 33.1 Å². The van der Waals surface area contributed by atoms with Gasteiger partial charge in [-0.25, -0.2) is 16.8 Å². The summed E-state index contributed by atoms with van der Waals surface area (Å²) in [5, 5.41) is 14.3. The second kappa shape index (κ2) is 17.2. The number of fused-ring (bicyclic) bond motifs is 2. The number of carbonyl (C=O) groups excluding carboxylic acids is 2. The van der Waals surface area contributed by atoms with Crippen LogP contribution in [0.15, 0.2) is 107 Å². The van der Waals surface area contributed by atoms with Gasteiger partial charge in [-0.15, -0.1) is 0 Å². The number of pyridine rings is 1. The highest BCUT2D eigenvalue weighted by Crippen LogP contribution is 2.23. The van der Waals surface area contributed by atoms with Crippen molar-refractivity contribution in [3.63, 3.8) is 0 Å². The molecule has 0 unspecified atom stereocenters. The van der Waals surface area contributed by atoms with Crippen molar-refractivity contribution >= 4 is 53.7 Å². The SMILES string of the molecule is O=C(NCc1ccc(S(=O)(=O)N2CCCCC2)cc1)c1cc2ccncc2[nH]1.O=C(NCc1ccc(S(=O)(=O)N2CCCCC2)cc1)c1ccc2[nH]ncc2c1. The first-order chi connectivity index (χ1) is 27.1. The van der Waals surface area contributed by atoms with Crippen molar-refractivity contribution in [3.05, 3.63) is 120 Å². The maximum atomic E-state index is 12.7. The number of aromatic nitrogens is 4. The molecular weight excluding hydrogens is 753 g/mol. The largest absolute Gasteiger partial charge is 0.349 e. The summed E-state index contributed by atoms with van der Waals surface area (Å²) in [7, 11) is -6.86. The molecule has 0 radical (unpaired) electrons. The fourth-order valence-electron chi connectivity index (χ4n) is 6.81. The molecule has 0 spiro atoms. The zero-order valence-corrected chi connectivity index (χ0v) is 32.4. The molecule has 6 aromatic rings. The van der Waals surface area contributed by atoms with Gasteiger partial charge < -0.3 is 15.6 Å². The minimum Gasteiger partial charge on any atom is -0.349 e. The number of hydrogen-bond donors (Lipinski definition) is 4. The quantitative estimate of drug-likeness (QED) is 0.143. The minimum absolute atomic E-state index is 0.187. The maximum absolute atomic E-state index is 12.7. The van der Waals surface area contributed by atoms with E-state index in [1.54, 1.807) is 93.9 Å². The van der Waals surface area contributed by atoms with Crippen LogP contribution in [0.1, 0.15) is 70.5 Å². The van der Waals surface area contributed by atoms with E-state index in [0.717, 1.165) is 71.5 Å². The Labute approximate surface area is 325 Å². The van der Waals surface area contributed by atoms with Gasteiger partial charge in [-0.05, 0) is 91.4 Å². The lowest BCUT2D eigenvalue weighted by atomic mass is 10.1. The third kappa shape index (κ3) is 8.99. The van der Waals surface area contributed by atoms with Gasteiger partial charge in [0.15, 0.2) is 0 Å². The molecule has 3 aromatic heterocycles. The number of H-pyrrole nitrogens is 2. The summed E-state index contributed by atoms with van der Waals surface area (Å²) in [6.07, 6.45) is 10.8. The standard InChI is InChI=1S/2C20H22N4O3S/c25-20(16-6-9-19-17(12-16)14-22-23-19)21-13-15-4-7-18(8-5-15)28(26,27)24-10-2-1-3-11-24;25-20(18-12-16-8-9-21-14-19(16)23-18)22-13-15-4-6-17(7-5-15)28(26,27)24-10-2-1-3-11-24/h4-9,12,14H,1-3,10-11,13H2,(H,21,25)(H,22,23);4-9,12,14,23H,1-3,10-11,13H2,(H,22,25). The average Bonchev–Trinajstić information content (AvgIpc) is 3.91. The van der Waals surface area contributed by atoms with Gasteiger partial charge in [-0.3, -0.25) is 19.7 Å². The molecule has 292 valence electrons. The van der Waals surface area contributed by atoms with Crippen molar-refractivity contribution in [2.75, 3.05) is 26.2 Å². The number of carbonyl (C=O) groups is 2. The fraction of sp³-hybridized carbons (Fsp3) is 0.300. The van der Waals surface area contributed by atoms with Gasteiger partial charge in [0.25, 0.3) is 11.8 Å². The number of benzene rings is 3. The van der Waals surface area contributed by atoms with Crippen molar-refractivity contribution < 1.29 is 26.4 Å². The van der Waals surface area contributed by atoms with Gasteiger partial charge in [0.2, 0.25) is 20.0 Å². The molecule has 2 fully saturated rings. The van der Waals surface area contributed by atoms with Crippen LogP contribution in [0.2, 0.25) is 0 Å². The second-order valence-electron chi connectivity index (χ2n) is 13.9. The van der Waals surface area contributed by atoms with E-state index in [1.165, 1.54) is 0 Å². The highest BCUT2D eigenvalue weighted by molar-refractivity contribution is 7.89. The first-order valence-electron chi connectivity index (χ1n) is 18.7. The highest BCUT2D eigenvalue weighted by Gasteiger charge is 2.27. The first kappa shape index (κ1) is 38.8. The average molecular weight is 797 g/mol. The predicted octanol–water partition coefficient (Wildman–Crippen LogP) is 5.34. The molecule has 0 atom stereocenters. The molecule has 0 aliphatic carbocycles. The number of piperidine rings is 2. The van der Waals surface area contributed by atoms with Crippen molar-refractivity contribution in [2.45, 2.75) is 61.4 Å². The van der Waals surface area contributed by atoms with E-state index in [4.69, 9.17) is 0 Å². The lowest BCUT2D eigenvalue weighted by Crippen LogP contribution is -2.35. The summed E-state index contributed by atoms with van der Waals surface area (Å²) < 4.78 is 53.8. The molecule has 3 aromatic carbocycles. The minimum atomic E-state index is -3.43. The lowest BCUT2D eigenvalue weighted by Gasteiger charge is -2.25. The summed E-state index contributed by atoms with van der Waals surface area (Å²) in [6, 6.07) is 22.4. The molecular formula is C40H44N8O6S2. The van der Waals surface area contributed by atoms with Crippen molar-refractivity contribution in [3.8, 4) is 0 Å². The van der Waals surface area contributed by atoms with Gasteiger partial charge in [0.1, 0.15) is 5.69 Å². The summed E-state index contributed by atoms with van der Waals surface area (Å²) >= 11 is 0. The lowest BCUT2D eigenvalue weighted by molar-refractivity contribution is 0.0940. The van der Waals surface area contributed by atoms with Crippen molar-refractivity contribution in [2.24, 2.45) is 0 Å². The Morgan fingerprint density at radius 3 is 1.71 bits per heavy atom. The number of sulfonamides is 2. The highest BCUT2D eigenvalue weighted by atomic mass is 32.2. The summed E-state index contributed by atoms with van der Waals surface area (Å²) in [5.41, 5.74) is 4.38. The van der Waals surface area contributed by atoms with Crippen LogP contribution in [0.3, 0.4) is 0 Å². The van der Waals surface area contributed by atoms with Crippen LogP contribution < -0.4 is 10.6 Å². The zero-order chi connectivity index (χ0) is 39.1. The Bertz CT molecular complexity index is 2380. The Kier molecular flexibility index (Phi) is 11.9. The molecule has 2 saturated heterocycles. The number of amides is 2. The van der Waals surface area contributed by atoms with E-state index in [2.05, 4.69) is 30.8 Å². The Morgan fingerprint density at radius 1 is 0.607 bits per heavy atom. The van der Waals surface area contributed by atoms with Crippen LogP contribution in [-0.4, -0.2) is 83.6 Å². The Morgan fingerprint density at radius 2 is 1.16 bits per heavy atom. The van der Waals surface area contributed by atoms with E-state index in [1.807, 2.05) is 12.1 Å². The molecule has 8 rings (SSSR count). The molecule has 5 heterocycles. The van der Waals surface area contributed by atoms with Crippen LogP contribution in [0.5, 0.6) is 0 Å². The van der Waals surface area contributed by atoms with E-state index < -0.39 is 20.0 Å². The van der Waals surface area contributed by atoms with Crippen molar-refractivity contribution in [1.29, 1.82) is 0 Å². The van der Waals surface area contributed by atoms with Crippen LogP contribution >= 0.6 is 0 Å². The first-order valence-corrected chi connectivity index (χ1v) is 21.6. The molecule has 4 N–H and O–H groups in total. The third-order valence-corrected chi connectivity index (χ3v) is 13.9. The molecule has 56 heavy (non-hydrogen) atoms. The number of rotatable bonds is 10. The maximum Gasteiger partial charge on any atom is 0.267 e. The Hall–Kier alpha value is -5.42. The van der Waals surface area contributed by atoms with E-state index in [-0.39, 0.29) is 11.8 Å².